The molecule has 0 radical (unpaired) electrons. The second kappa shape index (κ2) is 5.92. The molecule has 2 N–H and O–H groups in total. The van der Waals surface area contributed by atoms with Crippen molar-refractivity contribution in [3.63, 3.8) is 0 Å². The first-order valence-corrected chi connectivity index (χ1v) is 6.44. The van der Waals surface area contributed by atoms with Gasteiger partial charge in [0.05, 0.1) is 6.61 Å². The number of ether oxygens (including phenoxy) is 2. The normalized spacial score (nSPS) is 24.4. The van der Waals surface area contributed by atoms with E-state index in [2.05, 4.69) is 0 Å². The van der Waals surface area contributed by atoms with E-state index in [-0.39, 0.29) is 12.1 Å². The molecule has 94 valence electrons. The van der Waals surface area contributed by atoms with Crippen molar-refractivity contribution in [1.82, 2.24) is 0 Å². The van der Waals surface area contributed by atoms with Gasteiger partial charge in [0.1, 0.15) is 17.6 Å². The third-order valence-electron chi connectivity index (χ3n) is 3.18. The lowest BCUT2D eigenvalue weighted by atomic mass is 9.93. The van der Waals surface area contributed by atoms with E-state index >= 15 is 0 Å². The molecule has 3 nitrogen and oxygen atoms in total. The lowest BCUT2D eigenvalue weighted by Gasteiger charge is -2.29. The maximum Gasteiger partial charge on any atom is 0.120 e. The number of nitrogens with two attached hydrogens (primary N) is 1. The van der Waals surface area contributed by atoms with Crippen LogP contribution in [-0.4, -0.2) is 18.8 Å². The summed E-state index contributed by atoms with van der Waals surface area (Å²) < 4.78 is 11.3. The van der Waals surface area contributed by atoms with Crippen LogP contribution in [-0.2, 0) is 0 Å². The second-order valence-electron chi connectivity index (χ2n) is 4.51. The molecule has 0 aromatic heterocycles. The first kappa shape index (κ1) is 12.2. The molecule has 0 amide bonds. The fourth-order valence-electron chi connectivity index (χ4n) is 2.23. The molecule has 0 bridgehead atoms. The second-order valence-corrected chi connectivity index (χ2v) is 4.51. The third-order valence-corrected chi connectivity index (χ3v) is 3.18. The van der Waals surface area contributed by atoms with Gasteiger partial charge in [-0.05, 0) is 50.5 Å². The molecule has 1 aliphatic rings. The van der Waals surface area contributed by atoms with Crippen molar-refractivity contribution in [3.05, 3.63) is 24.3 Å². The Morgan fingerprint density at radius 2 is 1.76 bits per heavy atom. The fraction of sp³-hybridized carbons (Fsp3) is 0.571. The van der Waals surface area contributed by atoms with Gasteiger partial charge in [-0.25, -0.2) is 0 Å². The molecule has 3 heteroatoms. The van der Waals surface area contributed by atoms with E-state index in [0.29, 0.717) is 6.61 Å². The smallest absolute Gasteiger partial charge is 0.120 e. The van der Waals surface area contributed by atoms with Crippen LogP contribution in [0.4, 0.5) is 0 Å². The summed E-state index contributed by atoms with van der Waals surface area (Å²) in [7, 11) is 0. The van der Waals surface area contributed by atoms with Gasteiger partial charge in [-0.1, -0.05) is 6.42 Å². The Labute approximate surface area is 103 Å². The van der Waals surface area contributed by atoms with Crippen LogP contribution in [0.2, 0.25) is 0 Å². The van der Waals surface area contributed by atoms with Gasteiger partial charge in [0, 0.05) is 6.04 Å². The SMILES string of the molecule is CCOc1ccc(OC2CCCCC2N)cc1. The van der Waals surface area contributed by atoms with Crippen molar-refractivity contribution in [2.75, 3.05) is 6.61 Å². The minimum Gasteiger partial charge on any atom is -0.494 e. The standard InChI is InChI=1S/C14H21NO2/c1-2-16-11-7-9-12(10-8-11)17-14-6-4-3-5-13(14)15/h7-10,13-14H,2-6,15H2,1H3. The molecule has 1 aliphatic carbocycles. The van der Waals surface area contributed by atoms with Gasteiger partial charge >= 0.3 is 0 Å². The molecule has 0 spiro atoms. The average Bonchev–Trinajstić information content (AvgIpc) is 2.35. The zero-order chi connectivity index (χ0) is 12.1. The van der Waals surface area contributed by atoms with Gasteiger partial charge in [0.2, 0.25) is 0 Å². The van der Waals surface area contributed by atoms with Crippen molar-refractivity contribution in [2.24, 2.45) is 5.73 Å². The highest BCUT2D eigenvalue weighted by Gasteiger charge is 2.23. The number of benzene rings is 1. The van der Waals surface area contributed by atoms with E-state index in [0.717, 1.165) is 24.3 Å². The summed E-state index contributed by atoms with van der Waals surface area (Å²) in [5.74, 6) is 1.77. The molecule has 1 aromatic rings. The highest BCUT2D eigenvalue weighted by molar-refractivity contribution is 5.31. The Bertz CT molecular complexity index is 337. The van der Waals surface area contributed by atoms with Crippen LogP contribution in [0, 0.1) is 0 Å². The van der Waals surface area contributed by atoms with Gasteiger partial charge in [-0.15, -0.1) is 0 Å². The van der Waals surface area contributed by atoms with E-state index in [1.54, 1.807) is 0 Å². The Balaban J connectivity index is 1.93. The number of hydrogen-bond acceptors (Lipinski definition) is 3. The van der Waals surface area contributed by atoms with E-state index in [1.165, 1.54) is 12.8 Å². The van der Waals surface area contributed by atoms with Gasteiger partial charge in [-0.3, -0.25) is 0 Å². The molecular weight excluding hydrogens is 214 g/mol. The van der Waals surface area contributed by atoms with Crippen LogP contribution in [0.25, 0.3) is 0 Å². The average molecular weight is 235 g/mol. The predicted octanol–water partition coefficient (Wildman–Crippen LogP) is 2.73. The summed E-state index contributed by atoms with van der Waals surface area (Å²) >= 11 is 0. The Kier molecular flexibility index (Phi) is 4.26. The molecule has 0 heterocycles. The zero-order valence-electron chi connectivity index (χ0n) is 10.4. The van der Waals surface area contributed by atoms with Gasteiger partial charge < -0.3 is 15.2 Å². The first-order valence-electron chi connectivity index (χ1n) is 6.44. The summed E-state index contributed by atoms with van der Waals surface area (Å²) in [5, 5.41) is 0. The minimum absolute atomic E-state index is 0.168. The monoisotopic (exact) mass is 235 g/mol. The first-order chi connectivity index (χ1) is 8.29. The lowest BCUT2D eigenvalue weighted by molar-refractivity contribution is 0.132. The lowest BCUT2D eigenvalue weighted by Crippen LogP contribution is -2.41. The largest absolute Gasteiger partial charge is 0.494 e. The van der Waals surface area contributed by atoms with Crippen LogP contribution < -0.4 is 15.2 Å². The fourth-order valence-corrected chi connectivity index (χ4v) is 2.23. The zero-order valence-corrected chi connectivity index (χ0v) is 10.4. The highest BCUT2D eigenvalue weighted by atomic mass is 16.5. The van der Waals surface area contributed by atoms with Crippen molar-refractivity contribution in [3.8, 4) is 11.5 Å². The van der Waals surface area contributed by atoms with E-state index in [1.807, 2.05) is 31.2 Å². The van der Waals surface area contributed by atoms with Crippen molar-refractivity contribution >= 4 is 0 Å². The van der Waals surface area contributed by atoms with E-state index in [9.17, 15) is 0 Å². The van der Waals surface area contributed by atoms with Crippen molar-refractivity contribution in [2.45, 2.75) is 44.8 Å². The summed E-state index contributed by atoms with van der Waals surface area (Å²) in [6.45, 7) is 2.67. The molecule has 1 fully saturated rings. The van der Waals surface area contributed by atoms with Crippen LogP contribution in [0.1, 0.15) is 32.6 Å². The molecule has 2 rings (SSSR count). The summed E-state index contributed by atoms with van der Waals surface area (Å²) in [4.78, 5) is 0. The van der Waals surface area contributed by atoms with Crippen LogP contribution >= 0.6 is 0 Å². The molecule has 0 saturated heterocycles. The van der Waals surface area contributed by atoms with Gasteiger partial charge in [0.25, 0.3) is 0 Å². The summed E-state index contributed by atoms with van der Waals surface area (Å²) in [6, 6.07) is 7.95. The third kappa shape index (κ3) is 3.37. The molecule has 1 aromatic carbocycles. The van der Waals surface area contributed by atoms with Crippen LogP contribution in [0.5, 0.6) is 11.5 Å². The maximum absolute atomic E-state index is 6.05. The van der Waals surface area contributed by atoms with Crippen molar-refractivity contribution in [1.29, 1.82) is 0 Å². The quantitative estimate of drug-likeness (QED) is 0.872. The van der Waals surface area contributed by atoms with Gasteiger partial charge in [-0.2, -0.15) is 0 Å². The van der Waals surface area contributed by atoms with E-state index in [4.69, 9.17) is 15.2 Å². The highest BCUT2D eigenvalue weighted by Crippen LogP contribution is 2.24. The summed E-state index contributed by atoms with van der Waals surface area (Å²) in [6.07, 6.45) is 4.75. The Morgan fingerprint density at radius 1 is 1.12 bits per heavy atom. The summed E-state index contributed by atoms with van der Waals surface area (Å²) in [5.41, 5.74) is 6.05. The molecule has 0 aliphatic heterocycles. The Morgan fingerprint density at radius 3 is 2.41 bits per heavy atom. The number of hydrogen-bond donors (Lipinski definition) is 1. The topological polar surface area (TPSA) is 44.5 Å². The molecule has 1 saturated carbocycles. The molecular formula is C14H21NO2. The predicted molar refractivity (Wildman–Crippen MR) is 68.5 cm³/mol. The maximum atomic E-state index is 6.05. The van der Waals surface area contributed by atoms with Crippen molar-refractivity contribution < 1.29 is 9.47 Å². The molecule has 2 unspecified atom stereocenters. The van der Waals surface area contributed by atoms with Crippen LogP contribution in [0.3, 0.4) is 0 Å². The Hall–Kier alpha value is -1.22. The van der Waals surface area contributed by atoms with Crippen LogP contribution in [0.15, 0.2) is 24.3 Å². The van der Waals surface area contributed by atoms with Gasteiger partial charge in [0.15, 0.2) is 0 Å². The molecule has 2 atom stereocenters. The number of rotatable bonds is 4. The molecule has 17 heavy (non-hydrogen) atoms. The minimum atomic E-state index is 0.168. The van der Waals surface area contributed by atoms with E-state index < -0.39 is 0 Å².